The lowest BCUT2D eigenvalue weighted by Gasteiger charge is -2.35. The molecule has 0 bridgehead atoms. The van der Waals surface area contributed by atoms with E-state index in [-0.39, 0.29) is 6.10 Å². The van der Waals surface area contributed by atoms with Gasteiger partial charge in [-0.15, -0.1) is 0 Å². The first-order valence-electron chi connectivity index (χ1n) is 6.41. The fourth-order valence-electron chi connectivity index (χ4n) is 2.20. The predicted molar refractivity (Wildman–Crippen MR) is 73.5 cm³/mol. The van der Waals surface area contributed by atoms with Crippen molar-refractivity contribution in [3.8, 4) is 5.75 Å². The predicted octanol–water partition coefficient (Wildman–Crippen LogP) is 1.51. The van der Waals surface area contributed by atoms with E-state index >= 15 is 0 Å². The highest BCUT2D eigenvalue weighted by molar-refractivity contribution is 5.49. The van der Waals surface area contributed by atoms with E-state index in [1.807, 2.05) is 12.1 Å². The van der Waals surface area contributed by atoms with Crippen LogP contribution in [0.4, 0.5) is 5.69 Å². The molecular formula is C14H22N2O2. The summed E-state index contributed by atoms with van der Waals surface area (Å²) >= 11 is 0. The Kier molecular flexibility index (Phi) is 4.44. The van der Waals surface area contributed by atoms with E-state index in [1.165, 1.54) is 5.69 Å². The quantitative estimate of drug-likeness (QED) is 0.878. The molecule has 2 unspecified atom stereocenters. The molecule has 1 saturated heterocycles. The number of nitrogens with zero attached hydrogens (tertiary/aromatic N) is 1. The largest absolute Gasteiger partial charge is 0.497 e. The van der Waals surface area contributed by atoms with E-state index in [2.05, 4.69) is 36.3 Å². The third-order valence-corrected chi connectivity index (χ3v) is 3.58. The second-order valence-corrected chi connectivity index (χ2v) is 4.66. The van der Waals surface area contributed by atoms with E-state index in [4.69, 9.17) is 9.47 Å². The van der Waals surface area contributed by atoms with Crippen molar-refractivity contribution in [2.24, 2.45) is 0 Å². The second-order valence-electron chi connectivity index (χ2n) is 4.66. The number of nitrogens with one attached hydrogen (secondary N) is 1. The summed E-state index contributed by atoms with van der Waals surface area (Å²) in [6.07, 6.45) is 0.242. The maximum Gasteiger partial charge on any atom is 0.119 e. The molecule has 100 valence electrons. The molecule has 0 aliphatic carbocycles. The summed E-state index contributed by atoms with van der Waals surface area (Å²) in [6.45, 7) is 4.87. The van der Waals surface area contributed by atoms with Gasteiger partial charge in [0.25, 0.3) is 0 Å². The number of methoxy groups -OCH3 is 1. The lowest BCUT2D eigenvalue weighted by Crippen LogP contribution is -2.50. The van der Waals surface area contributed by atoms with Crippen molar-refractivity contribution in [1.29, 1.82) is 0 Å². The number of ether oxygens (including phenoxy) is 2. The molecule has 0 radical (unpaired) electrons. The van der Waals surface area contributed by atoms with Crippen LogP contribution in [-0.2, 0) is 4.74 Å². The fraction of sp³-hybridized carbons (Fsp3) is 0.571. The number of morpholine rings is 1. The molecule has 1 aromatic rings. The van der Waals surface area contributed by atoms with E-state index in [9.17, 15) is 0 Å². The third-order valence-electron chi connectivity index (χ3n) is 3.58. The van der Waals surface area contributed by atoms with Gasteiger partial charge in [0.1, 0.15) is 5.75 Å². The molecule has 2 rings (SSSR count). The fourth-order valence-corrected chi connectivity index (χ4v) is 2.20. The number of benzene rings is 1. The van der Waals surface area contributed by atoms with E-state index in [0.29, 0.717) is 6.04 Å². The van der Waals surface area contributed by atoms with Gasteiger partial charge in [0.15, 0.2) is 0 Å². The van der Waals surface area contributed by atoms with Gasteiger partial charge in [-0.25, -0.2) is 0 Å². The Morgan fingerprint density at radius 1 is 1.39 bits per heavy atom. The van der Waals surface area contributed by atoms with Crippen molar-refractivity contribution in [3.63, 3.8) is 0 Å². The Labute approximate surface area is 109 Å². The Hall–Kier alpha value is -1.26. The summed E-state index contributed by atoms with van der Waals surface area (Å²) in [5.74, 6) is 0.885. The van der Waals surface area contributed by atoms with Gasteiger partial charge < -0.3 is 19.7 Å². The van der Waals surface area contributed by atoms with E-state index in [0.717, 1.165) is 25.4 Å². The average molecular weight is 250 g/mol. The summed E-state index contributed by atoms with van der Waals surface area (Å²) in [7, 11) is 3.79. The van der Waals surface area contributed by atoms with Crippen LogP contribution in [0.1, 0.15) is 6.92 Å². The van der Waals surface area contributed by atoms with Crippen LogP contribution in [0.3, 0.4) is 0 Å². The Morgan fingerprint density at radius 3 is 2.67 bits per heavy atom. The van der Waals surface area contributed by atoms with Gasteiger partial charge in [-0.1, -0.05) is 0 Å². The zero-order chi connectivity index (χ0) is 13.0. The van der Waals surface area contributed by atoms with Gasteiger partial charge in [-0.3, -0.25) is 0 Å². The molecule has 0 saturated carbocycles. The molecule has 0 aromatic heterocycles. The van der Waals surface area contributed by atoms with Crippen LogP contribution in [0.2, 0.25) is 0 Å². The minimum atomic E-state index is 0.242. The van der Waals surface area contributed by atoms with Gasteiger partial charge in [-0.05, 0) is 31.2 Å². The molecule has 0 spiro atoms. The molecule has 0 amide bonds. The first-order chi connectivity index (χ1) is 8.72. The van der Waals surface area contributed by atoms with Crippen molar-refractivity contribution in [2.45, 2.75) is 19.1 Å². The summed E-state index contributed by atoms with van der Waals surface area (Å²) in [5, 5.41) is 3.37. The molecule has 2 atom stereocenters. The second kappa shape index (κ2) is 6.07. The molecule has 1 N–H and O–H groups in total. The zero-order valence-electron chi connectivity index (χ0n) is 11.3. The first kappa shape index (κ1) is 13.2. The molecule has 1 aromatic carbocycles. The van der Waals surface area contributed by atoms with Crippen LogP contribution in [-0.4, -0.2) is 46.0 Å². The average Bonchev–Trinajstić information content (AvgIpc) is 2.47. The van der Waals surface area contributed by atoms with Crippen molar-refractivity contribution >= 4 is 5.69 Å². The Balaban J connectivity index is 2.01. The Bertz CT molecular complexity index is 361. The number of rotatable bonds is 4. The zero-order valence-corrected chi connectivity index (χ0v) is 11.3. The maximum absolute atomic E-state index is 5.80. The van der Waals surface area contributed by atoms with Crippen LogP contribution >= 0.6 is 0 Å². The molecule has 4 heteroatoms. The molecular weight excluding hydrogens is 228 g/mol. The molecule has 4 nitrogen and oxygen atoms in total. The van der Waals surface area contributed by atoms with Crippen molar-refractivity contribution in [2.75, 3.05) is 38.8 Å². The summed E-state index contributed by atoms with van der Waals surface area (Å²) in [5.41, 5.74) is 1.18. The van der Waals surface area contributed by atoms with Crippen LogP contribution in [0, 0.1) is 0 Å². The SMILES string of the molecule is COc1ccc(N(C)C(C)C2CNCCO2)cc1. The number of hydrogen-bond donors (Lipinski definition) is 1. The van der Waals surface area contributed by atoms with Crippen LogP contribution in [0.5, 0.6) is 5.75 Å². The van der Waals surface area contributed by atoms with E-state index in [1.54, 1.807) is 7.11 Å². The van der Waals surface area contributed by atoms with Gasteiger partial charge >= 0.3 is 0 Å². The topological polar surface area (TPSA) is 33.7 Å². The Morgan fingerprint density at radius 2 is 2.11 bits per heavy atom. The summed E-state index contributed by atoms with van der Waals surface area (Å²) in [6, 6.07) is 8.46. The highest BCUT2D eigenvalue weighted by Gasteiger charge is 2.24. The maximum atomic E-state index is 5.80. The first-order valence-corrected chi connectivity index (χ1v) is 6.41. The molecule has 1 heterocycles. The molecule has 1 aliphatic rings. The van der Waals surface area contributed by atoms with Gasteiger partial charge in [-0.2, -0.15) is 0 Å². The summed E-state index contributed by atoms with van der Waals surface area (Å²) in [4.78, 5) is 2.25. The van der Waals surface area contributed by atoms with Crippen LogP contribution < -0.4 is 15.0 Å². The van der Waals surface area contributed by atoms with Gasteiger partial charge in [0, 0.05) is 25.8 Å². The van der Waals surface area contributed by atoms with Crippen LogP contribution in [0.15, 0.2) is 24.3 Å². The van der Waals surface area contributed by atoms with Crippen LogP contribution in [0.25, 0.3) is 0 Å². The minimum absolute atomic E-state index is 0.242. The van der Waals surface area contributed by atoms with Gasteiger partial charge in [0.2, 0.25) is 0 Å². The summed E-state index contributed by atoms with van der Waals surface area (Å²) < 4.78 is 11.0. The lowest BCUT2D eigenvalue weighted by atomic mass is 10.1. The van der Waals surface area contributed by atoms with Crippen molar-refractivity contribution in [1.82, 2.24) is 5.32 Å². The molecule has 18 heavy (non-hydrogen) atoms. The third kappa shape index (κ3) is 2.94. The van der Waals surface area contributed by atoms with E-state index < -0.39 is 0 Å². The van der Waals surface area contributed by atoms with Crippen molar-refractivity contribution in [3.05, 3.63) is 24.3 Å². The monoisotopic (exact) mass is 250 g/mol. The lowest BCUT2D eigenvalue weighted by molar-refractivity contribution is 0.0153. The highest BCUT2D eigenvalue weighted by Crippen LogP contribution is 2.21. The standard InChI is InChI=1S/C14H22N2O2/c1-11(14-10-15-8-9-18-14)16(2)12-4-6-13(17-3)7-5-12/h4-7,11,14-15H,8-10H2,1-3H3. The number of anilines is 1. The normalized spacial score (nSPS) is 21.4. The molecule has 1 aliphatic heterocycles. The number of likely N-dealkylation sites (N-methyl/N-ethyl adjacent to an activating group) is 1. The van der Waals surface area contributed by atoms with Gasteiger partial charge in [0.05, 0.1) is 25.9 Å². The smallest absolute Gasteiger partial charge is 0.119 e. The number of hydrogen-bond acceptors (Lipinski definition) is 4. The minimum Gasteiger partial charge on any atom is -0.497 e. The highest BCUT2D eigenvalue weighted by atomic mass is 16.5. The van der Waals surface area contributed by atoms with Crippen molar-refractivity contribution < 1.29 is 9.47 Å². The molecule has 1 fully saturated rings.